The average Bonchev–Trinajstić information content (AvgIpc) is 3.18. The minimum atomic E-state index is -0.286. The second kappa shape index (κ2) is 8.86. The third kappa shape index (κ3) is 4.51. The molecule has 1 aliphatic heterocycles. The summed E-state index contributed by atoms with van der Waals surface area (Å²) >= 11 is 1.49. The number of aromatic nitrogens is 2. The highest BCUT2D eigenvalue weighted by molar-refractivity contribution is 7.15. The molecular formula is C26H29FN4OS. The average molecular weight is 465 g/mol. The molecule has 1 aromatic carbocycles. The lowest BCUT2D eigenvalue weighted by Gasteiger charge is -2.51. The van der Waals surface area contributed by atoms with Crippen molar-refractivity contribution in [2.75, 3.05) is 18.4 Å². The molecule has 2 aromatic heterocycles. The lowest BCUT2D eigenvalue weighted by atomic mass is 9.61. The molecule has 1 saturated carbocycles. The molecule has 2 fully saturated rings. The Labute approximate surface area is 198 Å². The number of thiazole rings is 1. The molecule has 1 spiro atoms. The number of halogens is 1. The fraction of sp³-hybridized carbons (Fsp3) is 0.423. The number of likely N-dealkylation sites (tertiary alicyclic amines) is 1. The molecule has 3 aromatic rings. The third-order valence-electron chi connectivity index (χ3n) is 7.12. The van der Waals surface area contributed by atoms with E-state index in [0.717, 1.165) is 46.3 Å². The molecule has 0 radical (unpaired) electrons. The number of hydrogen-bond acceptors (Lipinski definition) is 5. The van der Waals surface area contributed by atoms with Gasteiger partial charge >= 0.3 is 0 Å². The van der Waals surface area contributed by atoms with Crippen molar-refractivity contribution < 1.29 is 9.18 Å². The van der Waals surface area contributed by atoms with Crippen molar-refractivity contribution in [3.8, 4) is 10.4 Å². The Kier molecular flexibility index (Phi) is 5.91. The van der Waals surface area contributed by atoms with Gasteiger partial charge in [-0.15, -0.1) is 11.3 Å². The summed E-state index contributed by atoms with van der Waals surface area (Å²) in [5.74, 6) is 0.523. The highest BCUT2D eigenvalue weighted by atomic mass is 32.1. The number of benzene rings is 1. The van der Waals surface area contributed by atoms with Crippen molar-refractivity contribution in [1.29, 1.82) is 0 Å². The number of nitrogens with zero attached hydrogens (tertiary/aromatic N) is 3. The minimum Gasteiger partial charge on any atom is -0.368 e. The van der Waals surface area contributed by atoms with Crippen molar-refractivity contribution in [3.63, 3.8) is 0 Å². The van der Waals surface area contributed by atoms with Crippen molar-refractivity contribution >= 4 is 23.1 Å². The van der Waals surface area contributed by atoms with Crippen molar-refractivity contribution in [2.24, 2.45) is 5.41 Å². The van der Waals surface area contributed by atoms with Gasteiger partial charge in [-0.1, -0.05) is 24.6 Å². The van der Waals surface area contributed by atoms with Gasteiger partial charge in [0.05, 0.1) is 9.88 Å². The molecule has 1 unspecified atom stereocenters. The van der Waals surface area contributed by atoms with Crippen LogP contribution in [0.15, 0.2) is 42.5 Å². The zero-order valence-electron chi connectivity index (χ0n) is 19.1. The van der Waals surface area contributed by atoms with Gasteiger partial charge in [-0.3, -0.25) is 4.79 Å². The van der Waals surface area contributed by atoms with Crippen LogP contribution in [0.2, 0.25) is 0 Å². The van der Waals surface area contributed by atoms with E-state index in [4.69, 9.17) is 0 Å². The smallest absolute Gasteiger partial charge is 0.274 e. The summed E-state index contributed by atoms with van der Waals surface area (Å²) in [6.45, 7) is 5.30. The third-order valence-corrected chi connectivity index (χ3v) is 8.14. The molecule has 1 amide bonds. The minimum absolute atomic E-state index is 0.0307. The summed E-state index contributed by atoms with van der Waals surface area (Å²) in [5.41, 5.74) is 2.65. The molecular weight excluding hydrogens is 435 g/mol. The summed E-state index contributed by atoms with van der Waals surface area (Å²) in [6, 6.07) is 12.3. The second-order valence-electron chi connectivity index (χ2n) is 9.42. The highest BCUT2D eigenvalue weighted by Crippen LogP contribution is 2.51. The first-order chi connectivity index (χ1) is 15.9. The fourth-order valence-corrected chi connectivity index (χ4v) is 6.12. The monoisotopic (exact) mass is 464 g/mol. The van der Waals surface area contributed by atoms with Crippen LogP contribution in [0.4, 0.5) is 10.2 Å². The van der Waals surface area contributed by atoms with Crippen molar-refractivity contribution in [2.45, 2.75) is 52.0 Å². The SMILES string of the molecule is Cc1cccc(NCC2CC3(CCC3)CCN2C(=O)c2nc(C)sc2-c2ccc(F)cc2)n1. The lowest BCUT2D eigenvalue weighted by Crippen LogP contribution is -2.54. The number of piperidine rings is 1. The van der Waals surface area contributed by atoms with Crippen LogP contribution in [0.5, 0.6) is 0 Å². The number of carbonyl (C=O) groups is 1. The van der Waals surface area contributed by atoms with E-state index in [1.807, 2.05) is 36.9 Å². The Morgan fingerprint density at radius 2 is 1.94 bits per heavy atom. The Hall–Kier alpha value is -2.80. The Bertz CT molecular complexity index is 1160. The molecule has 0 bridgehead atoms. The first kappa shape index (κ1) is 22.0. The topological polar surface area (TPSA) is 58.1 Å². The molecule has 172 valence electrons. The Morgan fingerprint density at radius 3 is 2.64 bits per heavy atom. The predicted octanol–water partition coefficient (Wildman–Crippen LogP) is 5.85. The maximum atomic E-state index is 13.8. The first-order valence-electron chi connectivity index (χ1n) is 11.6. The molecule has 1 atom stereocenters. The molecule has 7 heteroatoms. The van der Waals surface area contributed by atoms with Gasteiger partial charge in [0.2, 0.25) is 0 Å². The van der Waals surface area contributed by atoms with Gasteiger partial charge in [-0.2, -0.15) is 0 Å². The second-order valence-corrected chi connectivity index (χ2v) is 10.6. The summed E-state index contributed by atoms with van der Waals surface area (Å²) in [4.78, 5) is 25.8. The van der Waals surface area contributed by atoms with Crippen LogP contribution in [0.25, 0.3) is 10.4 Å². The Balaban J connectivity index is 1.41. The number of hydrogen-bond donors (Lipinski definition) is 1. The number of nitrogens with one attached hydrogen (secondary N) is 1. The summed E-state index contributed by atoms with van der Waals surface area (Å²) in [5, 5.41) is 4.31. The predicted molar refractivity (Wildman–Crippen MR) is 130 cm³/mol. The van der Waals surface area contributed by atoms with Crippen molar-refractivity contribution in [1.82, 2.24) is 14.9 Å². The maximum absolute atomic E-state index is 13.8. The highest BCUT2D eigenvalue weighted by Gasteiger charge is 2.45. The van der Waals surface area contributed by atoms with Crippen LogP contribution in [-0.2, 0) is 0 Å². The molecule has 1 aliphatic carbocycles. The maximum Gasteiger partial charge on any atom is 0.274 e. The van der Waals surface area contributed by atoms with E-state index in [0.29, 0.717) is 17.7 Å². The normalized spacial score (nSPS) is 19.4. The van der Waals surface area contributed by atoms with Crippen LogP contribution in [-0.4, -0.2) is 39.9 Å². The van der Waals surface area contributed by atoms with Crippen LogP contribution in [0, 0.1) is 25.1 Å². The molecule has 5 rings (SSSR count). The molecule has 2 aliphatic rings. The van der Waals surface area contributed by atoms with Gasteiger partial charge in [-0.25, -0.2) is 14.4 Å². The summed E-state index contributed by atoms with van der Waals surface area (Å²) < 4.78 is 13.5. The van der Waals surface area contributed by atoms with Crippen LogP contribution >= 0.6 is 11.3 Å². The van der Waals surface area contributed by atoms with E-state index in [-0.39, 0.29) is 17.8 Å². The van der Waals surface area contributed by atoms with Crippen LogP contribution < -0.4 is 5.32 Å². The van der Waals surface area contributed by atoms with Crippen molar-refractivity contribution in [3.05, 3.63) is 64.7 Å². The molecule has 33 heavy (non-hydrogen) atoms. The number of anilines is 1. The number of pyridine rings is 1. The molecule has 5 nitrogen and oxygen atoms in total. The Morgan fingerprint density at radius 1 is 1.15 bits per heavy atom. The van der Waals surface area contributed by atoms with E-state index >= 15 is 0 Å². The van der Waals surface area contributed by atoms with E-state index in [9.17, 15) is 9.18 Å². The quantitative estimate of drug-likeness (QED) is 0.515. The van der Waals surface area contributed by atoms with Gasteiger partial charge < -0.3 is 10.2 Å². The number of rotatable bonds is 5. The molecule has 1 saturated heterocycles. The largest absolute Gasteiger partial charge is 0.368 e. The lowest BCUT2D eigenvalue weighted by molar-refractivity contribution is 0.00307. The van der Waals surface area contributed by atoms with Gasteiger partial charge in [0, 0.05) is 24.8 Å². The zero-order valence-corrected chi connectivity index (χ0v) is 19.9. The summed E-state index contributed by atoms with van der Waals surface area (Å²) in [7, 11) is 0. The molecule has 3 heterocycles. The van der Waals surface area contributed by atoms with E-state index in [1.54, 1.807) is 12.1 Å². The number of aryl methyl sites for hydroxylation is 2. The van der Waals surface area contributed by atoms with E-state index < -0.39 is 0 Å². The number of amides is 1. The van der Waals surface area contributed by atoms with Gasteiger partial charge in [0.25, 0.3) is 5.91 Å². The molecule has 1 N–H and O–H groups in total. The van der Waals surface area contributed by atoms with Gasteiger partial charge in [0.1, 0.15) is 17.3 Å². The van der Waals surface area contributed by atoms with Gasteiger partial charge in [-0.05, 0) is 74.8 Å². The zero-order chi connectivity index (χ0) is 23.0. The standard InChI is InChI=1S/C26H29FN4OS/c1-17-5-3-6-22(29-17)28-16-21-15-26(11-4-12-26)13-14-31(21)25(32)23-24(33-18(2)30-23)19-7-9-20(27)10-8-19/h3,5-10,21H,4,11-16H2,1-2H3,(H,28,29). The fourth-order valence-electron chi connectivity index (χ4n) is 5.20. The first-order valence-corrected chi connectivity index (χ1v) is 12.5. The number of carbonyl (C=O) groups excluding carboxylic acids is 1. The summed E-state index contributed by atoms with van der Waals surface area (Å²) in [6.07, 6.45) is 5.85. The van der Waals surface area contributed by atoms with Crippen LogP contribution in [0.1, 0.15) is 53.3 Å². The van der Waals surface area contributed by atoms with Crippen LogP contribution in [0.3, 0.4) is 0 Å². The van der Waals surface area contributed by atoms with E-state index in [2.05, 4.69) is 15.3 Å². The van der Waals surface area contributed by atoms with E-state index in [1.165, 1.54) is 42.7 Å². The van der Waals surface area contributed by atoms with Gasteiger partial charge in [0.15, 0.2) is 0 Å².